The minimum Gasteiger partial charge on any atom is -0.508 e. The lowest BCUT2D eigenvalue weighted by Crippen LogP contribution is -2.57. The normalized spacial score (nSPS) is 17.9. The molecule has 0 unspecified atom stereocenters. The number of alkyl halides is 3. The Morgan fingerprint density at radius 2 is 1.65 bits per heavy atom. The van der Waals surface area contributed by atoms with Crippen LogP contribution in [0.15, 0.2) is 85.2 Å². The first-order chi connectivity index (χ1) is 19.0. The Balaban J connectivity index is 1.40. The van der Waals surface area contributed by atoms with Crippen molar-refractivity contribution in [2.24, 2.45) is 0 Å². The molecule has 0 radical (unpaired) electrons. The predicted octanol–water partition coefficient (Wildman–Crippen LogP) is 6.76. The quantitative estimate of drug-likeness (QED) is 0.207. The first kappa shape index (κ1) is 27.8. The maximum atomic E-state index is 13.4. The Kier molecular flexibility index (Phi) is 7.67. The number of carbonyl (C=O) groups excluding carboxylic acids is 1. The summed E-state index contributed by atoms with van der Waals surface area (Å²) in [7, 11) is 0. The fourth-order valence-corrected chi connectivity index (χ4v) is 5.96. The van der Waals surface area contributed by atoms with Crippen molar-refractivity contribution in [1.82, 2.24) is 4.98 Å². The van der Waals surface area contributed by atoms with Gasteiger partial charge in [0.25, 0.3) is 0 Å². The Morgan fingerprint density at radius 3 is 2.30 bits per heavy atom. The van der Waals surface area contributed by atoms with Crippen molar-refractivity contribution in [3.05, 3.63) is 107 Å². The highest BCUT2D eigenvalue weighted by Crippen LogP contribution is 2.49. The van der Waals surface area contributed by atoms with Crippen molar-refractivity contribution in [1.29, 1.82) is 0 Å². The van der Waals surface area contributed by atoms with Crippen LogP contribution in [-0.2, 0) is 11.0 Å². The van der Waals surface area contributed by atoms with Crippen LogP contribution < -0.4 is 4.90 Å². The number of aliphatic hydroxyl groups is 1. The van der Waals surface area contributed by atoms with Crippen LogP contribution >= 0.6 is 23.4 Å². The van der Waals surface area contributed by atoms with Gasteiger partial charge in [0, 0.05) is 46.0 Å². The molecule has 4 aromatic rings. The van der Waals surface area contributed by atoms with E-state index in [-0.39, 0.29) is 28.7 Å². The largest absolute Gasteiger partial charge is 0.508 e. The van der Waals surface area contributed by atoms with Gasteiger partial charge in [-0.1, -0.05) is 35.9 Å². The molecule has 0 bridgehead atoms. The molecular weight excluding hydrogens is 565 g/mol. The Hall–Kier alpha value is -3.73. The third kappa shape index (κ3) is 5.60. The molecule has 2 heterocycles. The summed E-state index contributed by atoms with van der Waals surface area (Å²) in [6.45, 7) is 0. The van der Waals surface area contributed by atoms with Crippen molar-refractivity contribution in [2.45, 2.75) is 23.6 Å². The van der Waals surface area contributed by atoms with E-state index in [4.69, 9.17) is 11.6 Å². The predicted molar refractivity (Wildman–Crippen MR) is 147 cm³/mol. The highest BCUT2D eigenvalue weighted by Gasteiger charge is 2.50. The highest BCUT2D eigenvalue weighted by atomic mass is 35.5. The van der Waals surface area contributed by atoms with Crippen molar-refractivity contribution in [3.8, 4) is 22.6 Å². The average molecular weight is 587 g/mol. The number of amides is 1. The number of β-lactam (4-membered cyclic amide) rings is 1. The summed E-state index contributed by atoms with van der Waals surface area (Å²) in [6, 6.07) is 17.6. The molecule has 1 saturated heterocycles. The van der Waals surface area contributed by atoms with Gasteiger partial charge in [-0.3, -0.25) is 9.78 Å². The fraction of sp³-hybridized carbons (Fsp3) is 0.172. The summed E-state index contributed by atoms with van der Waals surface area (Å²) in [5.41, 5.74) is 1.41. The topological polar surface area (TPSA) is 93.9 Å². The number of aliphatic hydroxyl groups excluding tert-OH is 1. The van der Waals surface area contributed by atoms with Crippen LogP contribution in [-0.4, -0.2) is 37.2 Å². The number of aromatic hydroxyl groups is 2. The van der Waals surface area contributed by atoms with Crippen molar-refractivity contribution in [3.63, 3.8) is 0 Å². The van der Waals surface area contributed by atoms with Crippen LogP contribution in [0.2, 0.25) is 5.02 Å². The summed E-state index contributed by atoms with van der Waals surface area (Å²) in [5.74, 6) is -0.403. The molecule has 40 heavy (non-hydrogen) atoms. The Labute approximate surface area is 236 Å². The van der Waals surface area contributed by atoms with Crippen LogP contribution in [0.4, 0.5) is 18.9 Å². The van der Waals surface area contributed by atoms with E-state index in [1.165, 1.54) is 41.1 Å². The number of carbonyl (C=O) groups is 1. The number of anilines is 1. The molecule has 1 aromatic heterocycles. The van der Waals surface area contributed by atoms with E-state index in [0.717, 1.165) is 12.3 Å². The molecule has 6 nitrogen and oxygen atoms in total. The minimum absolute atomic E-state index is 0.139. The lowest BCUT2D eigenvalue weighted by atomic mass is 9.91. The van der Waals surface area contributed by atoms with Gasteiger partial charge in [-0.25, -0.2) is 0 Å². The molecule has 0 saturated carbocycles. The summed E-state index contributed by atoms with van der Waals surface area (Å²) in [4.78, 5) is 18.5. The summed E-state index contributed by atoms with van der Waals surface area (Å²) in [5, 5.41) is 30.9. The number of aromatic nitrogens is 1. The van der Waals surface area contributed by atoms with E-state index in [1.54, 1.807) is 48.5 Å². The molecule has 0 spiro atoms. The van der Waals surface area contributed by atoms with Gasteiger partial charge in [0.15, 0.2) is 0 Å². The molecule has 3 N–H and O–H groups in total. The zero-order valence-corrected chi connectivity index (χ0v) is 22.2. The van der Waals surface area contributed by atoms with Gasteiger partial charge in [0.2, 0.25) is 5.91 Å². The zero-order valence-electron chi connectivity index (χ0n) is 20.6. The van der Waals surface area contributed by atoms with E-state index in [2.05, 4.69) is 4.98 Å². The maximum Gasteiger partial charge on any atom is 0.417 e. The third-order valence-corrected chi connectivity index (χ3v) is 8.19. The molecule has 1 amide bonds. The zero-order chi connectivity index (χ0) is 28.6. The molecule has 1 fully saturated rings. The molecule has 3 aromatic carbocycles. The van der Waals surface area contributed by atoms with Gasteiger partial charge in [0.1, 0.15) is 16.7 Å². The number of hydrogen-bond acceptors (Lipinski definition) is 6. The van der Waals surface area contributed by atoms with Gasteiger partial charge in [-0.05, 0) is 53.6 Å². The van der Waals surface area contributed by atoms with E-state index in [9.17, 15) is 33.3 Å². The molecule has 3 atom stereocenters. The number of phenolic OH excluding ortho intramolecular Hbond substituents is 2. The number of rotatable bonds is 7. The van der Waals surface area contributed by atoms with Crippen LogP contribution in [0.3, 0.4) is 0 Å². The van der Waals surface area contributed by atoms with E-state index < -0.39 is 29.1 Å². The standard InChI is InChI=1S/C29H22ClF3N2O4S/c30-20-5-1-17(2-6-20)25(38)15-40-27-26(23-10-9-22(36)12-24(23)37)35(28(27)39)21-7-3-16(4-8-21)18-11-19(14-34-13-18)29(31,32)33/h1-14,25-27,36-38H,15H2/t25-,26-,27-/m1/s1. The van der Waals surface area contributed by atoms with Crippen LogP contribution in [0.25, 0.3) is 11.1 Å². The van der Waals surface area contributed by atoms with Crippen LogP contribution in [0.5, 0.6) is 11.5 Å². The van der Waals surface area contributed by atoms with Crippen molar-refractivity contribution < 1.29 is 33.3 Å². The summed E-state index contributed by atoms with van der Waals surface area (Å²) >= 11 is 7.16. The number of benzene rings is 3. The number of thioether (sulfide) groups is 1. The van der Waals surface area contributed by atoms with Gasteiger partial charge in [0.05, 0.1) is 17.7 Å². The second kappa shape index (κ2) is 11.0. The second-order valence-corrected chi connectivity index (χ2v) is 10.8. The molecule has 206 valence electrons. The Morgan fingerprint density at radius 1 is 0.950 bits per heavy atom. The first-order valence-corrected chi connectivity index (χ1v) is 13.5. The highest BCUT2D eigenvalue weighted by molar-refractivity contribution is 8.00. The van der Waals surface area contributed by atoms with E-state index >= 15 is 0 Å². The first-order valence-electron chi connectivity index (χ1n) is 12.1. The number of hydrogen-bond donors (Lipinski definition) is 3. The summed E-state index contributed by atoms with van der Waals surface area (Å²) in [6.07, 6.45) is -3.30. The van der Waals surface area contributed by atoms with Gasteiger partial charge in [-0.2, -0.15) is 13.2 Å². The number of pyridine rings is 1. The minimum atomic E-state index is -4.53. The van der Waals surface area contributed by atoms with E-state index in [1.807, 2.05) is 0 Å². The fourth-order valence-electron chi connectivity index (χ4n) is 4.54. The third-order valence-electron chi connectivity index (χ3n) is 6.61. The monoisotopic (exact) mass is 586 g/mol. The van der Waals surface area contributed by atoms with Crippen molar-refractivity contribution >= 4 is 35.0 Å². The number of halogens is 4. The smallest absolute Gasteiger partial charge is 0.417 e. The number of phenols is 2. The Bertz CT molecular complexity index is 1530. The molecule has 1 aliphatic heterocycles. The molecule has 1 aliphatic rings. The summed E-state index contributed by atoms with van der Waals surface area (Å²) < 4.78 is 39.4. The number of nitrogens with zero attached hydrogens (tertiary/aromatic N) is 2. The van der Waals surface area contributed by atoms with Crippen molar-refractivity contribution in [2.75, 3.05) is 10.7 Å². The maximum absolute atomic E-state index is 13.4. The average Bonchev–Trinajstić information content (AvgIpc) is 2.92. The van der Waals surface area contributed by atoms with Gasteiger partial charge in [-0.15, -0.1) is 11.8 Å². The van der Waals surface area contributed by atoms with Crippen LogP contribution in [0.1, 0.15) is 28.8 Å². The molecular formula is C29H22ClF3N2O4S. The van der Waals surface area contributed by atoms with Crippen LogP contribution in [0, 0.1) is 0 Å². The SMILES string of the molecule is O=C1[C@H](SC[C@@H](O)c2ccc(Cl)cc2)[C@@H](c2ccc(O)cc2O)N1c1ccc(-c2cncc(C(F)(F)F)c2)cc1. The lowest BCUT2D eigenvalue weighted by Gasteiger charge is -2.47. The molecule has 11 heteroatoms. The van der Waals surface area contributed by atoms with E-state index in [0.29, 0.717) is 27.4 Å². The molecule has 0 aliphatic carbocycles. The lowest BCUT2D eigenvalue weighted by molar-refractivity contribution is -0.137. The van der Waals surface area contributed by atoms with Gasteiger partial charge < -0.3 is 20.2 Å². The molecule has 5 rings (SSSR count). The van der Waals surface area contributed by atoms with Gasteiger partial charge >= 0.3 is 6.18 Å². The second-order valence-electron chi connectivity index (χ2n) is 9.22.